The van der Waals surface area contributed by atoms with E-state index in [1.807, 2.05) is 6.92 Å². The zero-order chi connectivity index (χ0) is 11.3. The molecule has 88 valence electrons. The van der Waals surface area contributed by atoms with Gasteiger partial charge in [0.1, 0.15) is 0 Å². The maximum absolute atomic E-state index is 11.6. The lowest BCUT2D eigenvalue weighted by atomic mass is 9.89. The van der Waals surface area contributed by atoms with Crippen LogP contribution in [0.25, 0.3) is 0 Å². The SMILES string of the molecule is CCCC(C)COC(=O)C(C)C1CNC1. The quantitative estimate of drug-likeness (QED) is 0.684. The average molecular weight is 213 g/mol. The van der Waals surface area contributed by atoms with E-state index in [-0.39, 0.29) is 11.9 Å². The van der Waals surface area contributed by atoms with Crippen LogP contribution in [0.3, 0.4) is 0 Å². The van der Waals surface area contributed by atoms with Gasteiger partial charge in [-0.3, -0.25) is 4.79 Å². The molecule has 3 heteroatoms. The van der Waals surface area contributed by atoms with Crippen LogP contribution in [0.1, 0.15) is 33.6 Å². The fraction of sp³-hybridized carbons (Fsp3) is 0.917. The van der Waals surface area contributed by atoms with E-state index >= 15 is 0 Å². The summed E-state index contributed by atoms with van der Waals surface area (Å²) in [4.78, 5) is 11.6. The number of carbonyl (C=O) groups excluding carboxylic acids is 1. The molecule has 1 heterocycles. The fourth-order valence-corrected chi connectivity index (χ4v) is 1.79. The largest absolute Gasteiger partial charge is 0.465 e. The Morgan fingerprint density at radius 2 is 2.13 bits per heavy atom. The van der Waals surface area contributed by atoms with Crippen molar-refractivity contribution >= 4 is 5.97 Å². The lowest BCUT2D eigenvalue weighted by Crippen LogP contribution is -2.47. The molecule has 1 saturated heterocycles. The summed E-state index contributed by atoms with van der Waals surface area (Å²) in [6.45, 7) is 8.75. The second kappa shape index (κ2) is 6.11. The summed E-state index contributed by atoms with van der Waals surface area (Å²) >= 11 is 0. The van der Waals surface area contributed by atoms with E-state index in [0.29, 0.717) is 18.4 Å². The van der Waals surface area contributed by atoms with Crippen LogP contribution in [-0.2, 0) is 9.53 Å². The highest BCUT2D eigenvalue weighted by Crippen LogP contribution is 2.17. The molecule has 0 radical (unpaired) electrons. The molecule has 0 aliphatic carbocycles. The normalized spacial score (nSPS) is 20.5. The van der Waals surface area contributed by atoms with E-state index in [1.54, 1.807) is 0 Å². The number of esters is 1. The van der Waals surface area contributed by atoms with Gasteiger partial charge in [0.2, 0.25) is 0 Å². The molecule has 1 aliphatic heterocycles. The summed E-state index contributed by atoms with van der Waals surface area (Å²) in [5.74, 6) is 1.01. The van der Waals surface area contributed by atoms with Crippen LogP contribution in [-0.4, -0.2) is 25.7 Å². The molecule has 0 amide bonds. The summed E-state index contributed by atoms with van der Waals surface area (Å²) < 4.78 is 5.31. The Labute approximate surface area is 92.6 Å². The predicted octanol–water partition coefficient (Wildman–Crippen LogP) is 1.82. The molecule has 1 fully saturated rings. The fourth-order valence-electron chi connectivity index (χ4n) is 1.79. The van der Waals surface area contributed by atoms with Gasteiger partial charge in [0.25, 0.3) is 0 Å². The minimum Gasteiger partial charge on any atom is -0.465 e. The van der Waals surface area contributed by atoms with E-state index in [0.717, 1.165) is 25.9 Å². The molecule has 0 saturated carbocycles. The maximum atomic E-state index is 11.6. The van der Waals surface area contributed by atoms with Crippen LogP contribution in [0.5, 0.6) is 0 Å². The summed E-state index contributed by atoms with van der Waals surface area (Å²) in [6, 6.07) is 0. The van der Waals surface area contributed by atoms with Crippen molar-refractivity contribution in [3.63, 3.8) is 0 Å². The highest BCUT2D eigenvalue weighted by molar-refractivity contribution is 5.72. The second-order valence-corrected chi connectivity index (χ2v) is 4.73. The van der Waals surface area contributed by atoms with Crippen LogP contribution in [0.2, 0.25) is 0 Å². The third-order valence-electron chi connectivity index (χ3n) is 3.18. The van der Waals surface area contributed by atoms with E-state index in [1.165, 1.54) is 0 Å². The van der Waals surface area contributed by atoms with Gasteiger partial charge in [-0.25, -0.2) is 0 Å². The van der Waals surface area contributed by atoms with Crippen molar-refractivity contribution in [1.29, 1.82) is 0 Å². The van der Waals surface area contributed by atoms with Gasteiger partial charge in [0.05, 0.1) is 12.5 Å². The predicted molar refractivity (Wildman–Crippen MR) is 60.6 cm³/mol. The molecular weight excluding hydrogens is 190 g/mol. The number of nitrogens with one attached hydrogen (secondary N) is 1. The van der Waals surface area contributed by atoms with Crippen molar-refractivity contribution in [2.45, 2.75) is 33.6 Å². The number of carbonyl (C=O) groups is 1. The van der Waals surface area contributed by atoms with Gasteiger partial charge in [0.15, 0.2) is 0 Å². The molecule has 1 N–H and O–H groups in total. The van der Waals surface area contributed by atoms with Gasteiger partial charge < -0.3 is 10.1 Å². The first-order valence-electron chi connectivity index (χ1n) is 6.02. The van der Waals surface area contributed by atoms with Crippen molar-refractivity contribution in [3.05, 3.63) is 0 Å². The van der Waals surface area contributed by atoms with Crippen LogP contribution in [0.4, 0.5) is 0 Å². The first-order chi connectivity index (χ1) is 7.15. The lowest BCUT2D eigenvalue weighted by Gasteiger charge is -2.31. The Kier molecular flexibility index (Phi) is 5.09. The Balaban J connectivity index is 2.16. The number of hydrogen-bond acceptors (Lipinski definition) is 3. The molecule has 1 aliphatic rings. The summed E-state index contributed by atoms with van der Waals surface area (Å²) in [6.07, 6.45) is 2.29. The van der Waals surface area contributed by atoms with Crippen molar-refractivity contribution in [2.75, 3.05) is 19.7 Å². The van der Waals surface area contributed by atoms with Gasteiger partial charge in [-0.2, -0.15) is 0 Å². The number of ether oxygens (including phenoxy) is 1. The zero-order valence-electron chi connectivity index (χ0n) is 10.1. The first-order valence-corrected chi connectivity index (χ1v) is 6.02. The van der Waals surface area contributed by atoms with Crippen molar-refractivity contribution in [2.24, 2.45) is 17.8 Å². The van der Waals surface area contributed by atoms with Gasteiger partial charge in [-0.05, 0) is 31.3 Å². The van der Waals surface area contributed by atoms with E-state index in [4.69, 9.17) is 4.74 Å². The zero-order valence-corrected chi connectivity index (χ0v) is 10.1. The molecule has 0 aromatic carbocycles. The Bertz CT molecular complexity index is 202. The Morgan fingerprint density at radius 3 is 2.60 bits per heavy atom. The van der Waals surface area contributed by atoms with Crippen LogP contribution in [0, 0.1) is 17.8 Å². The number of hydrogen-bond donors (Lipinski definition) is 1. The average Bonchev–Trinajstić information content (AvgIpc) is 2.11. The topological polar surface area (TPSA) is 38.3 Å². The first kappa shape index (κ1) is 12.5. The third kappa shape index (κ3) is 3.82. The summed E-state index contributed by atoms with van der Waals surface area (Å²) in [5.41, 5.74) is 0. The smallest absolute Gasteiger partial charge is 0.309 e. The van der Waals surface area contributed by atoms with E-state index in [2.05, 4.69) is 19.2 Å². The molecule has 2 atom stereocenters. The highest BCUT2D eigenvalue weighted by atomic mass is 16.5. The summed E-state index contributed by atoms with van der Waals surface area (Å²) in [7, 11) is 0. The molecule has 2 unspecified atom stereocenters. The molecule has 0 aromatic heterocycles. The lowest BCUT2D eigenvalue weighted by molar-refractivity contribution is -0.151. The molecule has 0 aromatic rings. The molecular formula is C12H23NO2. The van der Waals surface area contributed by atoms with Crippen LogP contribution >= 0.6 is 0 Å². The van der Waals surface area contributed by atoms with Crippen molar-refractivity contribution < 1.29 is 9.53 Å². The van der Waals surface area contributed by atoms with Gasteiger partial charge >= 0.3 is 5.97 Å². The molecule has 3 nitrogen and oxygen atoms in total. The van der Waals surface area contributed by atoms with Gasteiger partial charge in [0, 0.05) is 0 Å². The maximum Gasteiger partial charge on any atom is 0.309 e. The van der Waals surface area contributed by atoms with E-state index in [9.17, 15) is 4.79 Å². The highest BCUT2D eigenvalue weighted by Gasteiger charge is 2.29. The Morgan fingerprint density at radius 1 is 1.47 bits per heavy atom. The van der Waals surface area contributed by atoms with Crippen molar-refractivity contribution in [3.8, 4) is 0 Å². The van der Waals surface area contributed by atoms with Crippen molar-refractivity contribution in [1.82, 2.24) is 5.32 Å². The second-order valence-electron chi connectivity index (χ2n) is 4.73. The summed E-state index contributed by atoms with van der Waals surface area (Å²) in [5, 5.41) is 3.17. The van der Waals surface area contributed by atoms with Crippen LogP contribution in [0.15, 0.2) is 0 Å². The van der Waals surface area contributed by atoms with Gasteiger partial charge in [-0.15, -0.1) is 0 Å². The minimum atomic E-state index is -0.0237. The number of rotatable bonds is 6. The monoisotopic (exact) mass is 213 g/mol. The minimum absolute atomic E-state index is 0.0237. The molecule has 15 heavy (non-hydrogen) atoms. The molecule has 0 bridgehead atoms. The standard InChI is InChI=1S/C12H23NO2/c1-4-5-9(2)8-15-12(14)10(3)11-6-13-7-11/h9-11,13H,4-8H2,1-3H3. The Hall–Kier alpha value is -0.570. The van der Waals surface area contributed by atoms with E-state index < -0.39 is 0 Å². The molecule has 0 spiro atoms. The van der Waals surface area contributed by atoms with Crippen LogP contribution < -0.4 is 5.32 Å². The molecule has 1 rings (SSSR count). The third-order valence-corrected chi connectivity index (χ3v) is 3.18. The van der Waals surface area contributed by atoms with Gasteiger partial charge in [-0.1, -0.05) is 27.2 Å².